The number of aromatic nitrogens is 4. The number of anilines is 1. The van der Waals surface area contributed by atoms with Crippen LogP contribution in [-0.4, -0.2) is 25.5 Å². The molecule has 0 saturated carbocycles. The average molecular weight is 468 g/mol. The maximum absolute atomic E-state index is 12.4. The molecule has 4 rings (SSSR count). The summed E-state index contributed by atoms with van der Waals surface area (Å²) >= 11 is 3.38. The number of rotatable bonds is 8. The molecule has 1 N–H and O–H groups in total. The van der Waals surface area contributed by atoms with Crippen molar-refractivity contribution in [3.05, 3.63) is 89.4 Å². The molecule has 0 bridgehead atoms. The molecule has 8 nitrogen and oxygen atoms in total. The van der Waals surface area contributed by atoms with Gasteiger partial charge in [-0.1, -0.05) is 34.1 Å². The van der Waals surface area contributed by atoms with Crippen LogP contribution in [0.3, 0.4) is 0 Å². The highest BCUT2D eigenvalue weighted by molar-refractivity contribution is 9.10. The fourth-order valence-electron chi connectivity index (χ4n) is 2.58. The van der Waals surface area contributed by atoms with Gasteiger partial charge in [0.15, 0.2) is 19.2 Å². The largest absolute Gasteiger partial charge is 0.471 e. The van der Waals surface area contributed by atoms with Crippen molar-refractivity contribution >= 4 is 27.5 Å². The highest BCUT2D eigenvalue weighted by atomic mass is 79.9. The zero-order valence-corrected chi connectivity index (χ0v) is 17.4. The maximum Gasteiger partial charge on any atom is 0.276 e. The zero-order valence-electron chi connectivity index (χ0n) is 15.8. The van der Waals surface area contributed by atoms with E-state index in [-0.39, 0.29) is 25.1 Å². The Kier molecular flexibility index (Phi) is 6.09. The Morgan fingerprint density at radius 3 is 2.40 bits per heavy atom. The molecule has 0 atom stereocenters. The zero-order chi connectivity index (χ0) is 20.8. The van der Waals surface area contributed by atoms with E-state index in [9.17, 15) is 4.79 Å². The van der Waals surface area contributed by atoms with Crippen LogP contribution in [0.25, 0.3) is 0 Å². The number of nitrogens with zero attached hydrogens (tertiary/aromatic N) is 4. The van der Waals surface area contributed by atoms with Crippen molar-refractivity contribution in [2.24, 2.45) is 0 Å². The molecule has 0 radical (unpaired) electrons. The van der Waals surface area contributed by atoms with Crippen LogP contribution in [-0.2, 0) is 13.5 Å². The van der Waals surface area contributed by atoms with Crippen LogP contribution in [0.4, 0.5) is 5.69 Å². The lowest BCUT2D eigenvalue weighted by Crippen LogP contribution is -2.14. The molecule has 0 saturated heterocycles. The van der Waals surface area contributed by atoms with Gasteiger partial charge < -0.3 is 14.8 Å². The van der Waals surface area contributed by atoms with Gasteiger partial charge in [-0.3, -0.25) is 4.79 Å². The molecule has 9 heteroatoms. The second-order valence-corrected chi connectivity index (χ2v) is 7.19. The van der Waals surface area contributed by atoms with Crippen LogP contribution < -0.4 is 14.8 Å². The highest BCUT2D eigenvalue weighted by Crippen LogP contribution is 2.17. The summed E-state index contributed by atoms with van der Waals surface area (Å²) in [5, 5.41) is 11.2. The third-order valence-corrected chi connectivity index (χ3v) is 4.58. The van der Waals surface area contributed by atoms with Gasteiger partial charge in [0.1, 0.15) is 11.5 Å². The second-order valence-electron chi connectivity index (χ2n) is 6.28. The van der Waals surface area contributed by atoms with E-state index in [4.69, 9.17) is 9.47 Å². The monoisotopic (exact) mass is 467 g/mol. The predicted molar refractivity (Wildman–Crippen MR) is 114 cm³/mol. The van der Waals surface area contributed by atoms with Gasteiger partial charge in [0.25, 0.3) is 5.91 Å². The first-order valence-electron chi connectivity index (χ1n) is 9.09. The van der Waals surface area contributed by atoms with Gasteiger partial charge in [0, 0.05) is 10.7 Å². The van der Waals surface area contributed by atoms with E-state index < -0.39 is 0 Å². The molecule has 0 aliphatic rings. The first-order chi connectivity index (χ1) is 14.7. The summed E-state index contributed by atoms with van der Waals surface area (Å²) in [6, 6.07) is 18.5. The normalized spacial score (nSPS) is 10.6. The van der Waals surface area contributed by atoms with Crippen molar-refractivity contribution in [3.8, 4) is 11.5 Å². The number of carbonyl (C=O) groups excluding carboxylic acids is 1. The molecule has 152 valence electrons. The summed E-state index contributed by atoms with van der Waals surface area (Å²) in [5.41, 5.74) is 0.833. The molecule has 0 aliphatic carbocycles. The van der Waals surface area contributed by atoms with Crippen molar-refractivity contribution in [1.82, 2.24) is 19.6 Å². The topological polar surface area (TPSA) is 83.2 Å². The molecule has 4 aromatic rings. The molecule has 30 heavy (non-hydrogen) atoms. The minimum atomic E-state index is -0.332. The first-order valence-corrected chi connectivity index (χ1v) is 9.88. The third-order valence-electron chi connectivity index (χ3n) is 4.05. The molecule has 0 fully saturated rings. The summed E-state index contributed by atoms with van der Waals surface area (Å²) in [7, 11) is 0. The van der Waals surface area contributed by atoms with E-state index in [1.165, 1.54) is 0 Å². The Bertz CT molecular complexity index is 1110. The van der Waals surface area contributed by atoms with E-state index in [0.717, 1.165) is 16.0 Å². The molecule has 1 amide bonds. The van der Waals surface area contributed by atoms with Gasteiger partial charge in [-0.05, 0) is 42.5 Å². The lowest BCUT2D eigenvalue weighted by Gasteiger charge is -2.06. The number of para-hydroxylation sites is 1. The molecule has 0 unspecified atom stereocenters. The highest BCUT2D eigenvalue weighted by Gasteiger charge is 2.11. The van der Waals surface area contributed by atoms with E-state index in [0.29, 0.717) is 5.69 Å². The maximum atomic E-state index is 12.4. The Hall–Kier alpha value is -3.59. The SMILES string of the molecule is O=C(Nc1cnn(COc2ccc(Br)cc2)c1)c1ccn(COc2ccccc2)n1. The second kappa shape index (κ2) is 9.27. The fourth-order valence-corrected chi connectivity index (χ4v) is 2.84. The quantitative estimate of drug-likeness (QED) is 0.420. The summed E-state index contributed by atoms with van der Waals surface area (Å²) in [6.45, 7) is 0.436. The first kappa shape index (κ1) is 19.7. The number of carbonyl (C=O) groups is 1. The summed E-state index contributed by atoms with van der Waals surface area (Å²) in [5.74, 6) is 1.13. The minimum Gasteiger partial charge on any atom is -0.471 e. The lowest BCUT2D eigenvalue weighted by molar-refractivity contribution is 0.102. The number of benzene rings is 2. The molecular formula is C21H18BrN5O3. The van der Waals surface area contributed by atoms with E-state index >= 15 is 0 Å². The van der Waals surface area contributed by atoms with Gasteiger partial charge in [-0.15, -0.1) is 0 Å². The molecular weight excluding hydrogens is 450 g/mol. The van der Waals surface area contributed by atoms with Gasteiger partial charge in [0.05, 0.1) is 18.1 Å². The van der Waals surface area contributed by atoms with E-state index in [1.54, 1.807) is 34.0 Å². The van der Waals surface area contributed by atoms with Crippen LogP contribution >= 0.6 is 15.9 Å². The van der Waals surface area contributed by atoms with Crippen LogP contribution in [0.2, 0.25) is 0 Å². The summed E-state index contributed by atoms with van der Waals surface area (Å²) in [4.78, 5) is 12.4. The summed E-state index contributed by atoms with van der Waals surface area (Å²) < 4.78 is 15.4. The smallest absolute Gasteiger partial charge is 0.276 e. The van der Waals surface area contributed by atoms with Crippen LogP contribution in [0, 0.1) is 0 Å². The van der Waals surface area contributed by atoms with Crippen molar-refractivity contribution in [2.45, 2.75) is 13.5 Å². The number of ether oxygens (including phenoxy) is 2. The molecule has 2 aromatic carbocycles. The van der Waals surface area contributed by atoms with Crippen molar-refractivity contribution in [2.75, 3.05) is 5.32 Å². The molecule has 2 aromatic heterocycles. The number of hydrogen-bond donors (Lipinski definition) is 1. The van der Waals surface area contributed by atoms with E-state index in [1.807, 2.05) is 54.6 Å². The number of amides is 1. The third kappa shape index (κ3) is 5.26. The lowest BCUT2D eigenvalue weighted by atomic mass is 10.3. The molecule has 2 heterocycles. The van der Waals surface area contributed by atoms with Crippen LogP contribution in [0.15, 0.2) is 83.7 Å². The van der Waals surface area contributed by atoms with Gasteiger partial charge in [-0.25, -0.2) is 9.36 Å². The van der Waals surface area contributed by atoms with Crippen LogP contribution in [0.1, 0.15) is 10.5 Å². The standard InChI is InChI=1S/C21H18BrN5O3/c22-16-6-8-19(9-7-16)30-15-27-13-17(12-23-27)24-21(28)20-10-11-26(25-20)14-29-18-4-2-1-3-5-18/h1-13H,14-15H2,(H,24,28). The van der Waals surface area contributed by atoms with Crippen molar-refractivity contribution in [3.63, 3.8) is 0 Å². The average Bonchev–Trinajstić information content (AvgIpc) is 3.42. The summed E-state index contributed by atoms with van der Waals surface area (Å²) in [6.07, 6.45) is 4.93. The van der Waals surface area contributed by atoms with Crippen molar-refractivity contribution < 1.29 is 14.3 Å². The number of nitrogens with one attached hydrogen (secondary N) is 1. The van der Waals surface area contributed by atoms with Crippen LogP contribution in [0.5, 0.6) is 11.5 Å². The fraction of sp³-hybridized carbons (Fsp3) is 0.0952. The van der Waals surface area contributed by atoms with Gasteiger partial charge >= 0.3 is 0 Å². The van der Waals surface area contributed by atoms with Gasteiger partial charge in [-0.2, -0.15) is 10.2 Å². The Balaban J connectivity index is 1.29. The Labute approximate surface area is 181 Å². The minimum absolute atomic E-state index is 0.211. The van der Waals surface area contributed by atoms with Crippen molar-refractivity contribution in [1.29, 1.82) is 0 Å². The van der Waals surface area contributed by atoms with Gasteiger partial charge in [0.2, 0.25) is 0 Å². The Morgan fingerprint density at radius 1 is 0.933 bits per heavy atom. The number of hydrogen-bond acceptors (Lipinski definition) is 5. The molecule has 0 spiro atoms. The van der Waals surface area contributed by atoms with E-state index in [2.05, 4.69) is 31.4 Å². The molecule has 0 aliphatic heterocycles. The Morgan fingerprint density at radius 2 is 1.63 bits per heavy atom. The number of halogens is 1. The predicted octanol–water partition coefficient (Wildman–Crippen LogP) is 4.17.